The van der Waals surface area contributed by atoms with Gasteiger partial charge in [0.05, 0.1) is 6.42 Å². The van der Waals surface area contributed by atoms with Crippen LogP contribution < -0.4 is 4.90 Å². The van der Waals surface area contributed by atoms with Gasteiger partial charge in [-0.15, -0.1) is 0 Å². The molecule has 1 N–H and O–H groups in total. The van der Waals surface area contributed by atoms with Crippen LogP contribution in [-0.4, -0.2) is 23.5 Å². The summed E-state index contributed by atoms with van der Waals surface area (Å²) in [5, 5.41) is 8.95. The lowest BCUT2D eigenvalue weighted by molar-refractivity contribution is -0.136. The molecule has 0 bridgehead atoms. The Morgan fingerprint density at radius 3 is 2.75 bits per heavy atom. The number of nitrogens with zero attached hydrogens (tertiary/aromatic N) is 1. The lowest BCUT2D eigenvalue weighted by Gasteiger charge is -2.24. The van der Waals surface area contributed by atoms with Gasteiger partial charge in [-0.3, -0.25) is 9.59 Å². The van der Waals surface area contributed by atoms with Gasteiger partial charge < -0.3 is 10.0 Å². The van der Waals surface area contributed by atoms with Crippen molar-refractivity contribution in [1.82, 2.24) is 0 Å². The zero-order valence-corrected chi connectivity index (χ0v) is 13.7. The molecular weight excluding hydrogens is 302 g/mol. The molecule has 124 valence electrons. The van der Waals surface area contributed by atoms with Gasteiger partial charge in [-0.05, 0) is 48.1 Å². The molecule has 2 aromatic carbocycles. The number of carbonyl (C=O) groups is 2. The van der Waals surface area contributed by atoms with Crippen LogP contribution in [0.3, 0.4) is 0 Å². The Kier molecular flexibility index (Phi) is 4.65. The van der Waals surface area contributed by atoms with E-state index >= 15 is 0 Å². The molecule has 4 heteroatoms. The second-order valence-electron chi connectivity index (χ2n) is 6.33. The molecule has 1 heterocycles. The van der Waals surface area contributed by atoms with Gasteiger partial charge in [-0.2, -0.15) is 0 Å². The largest absolute Gasteiger partial charge is 0.481 e. The minimum absolute atomic E-state index is 0.0659. The molecule has 1 amide bonds. The molecule has 3 rings (SSSR count). The van der Waals surface area contributed by atoms with Gasteiger partial charge in [0.25, 0.3) is 5.91 Å². The van der Waals surface area contributed by atoms with E-state index in [2.05, 4.69) is 13.0 Å². The second kappa shape index (κ2) is 6.87. The molecule has 4 nitrogen and oxygen atoms in total. The van der Waals surface area contributed by atoms with Crippen molar-refractivity contribution in [1.29, 1.82) is 0 Å². The van der Waals surface area contributed by atoms with Crippen LogP contribution in [0, 0.1) is 0 Å². The first-order chi connectivity index (χ1) is 11.6. The highest BCUT2D eigenvalue weighted by Gasteiger charge is 2.25. The Bertz CT molecular complexity index is 769. The average molecular weight is 323 g/mol. The predicted molar refractivity (Wildman–Crippen MR) is 93.5 cm³/mol. The highest BCUT2D eigenvalue weighted by atomic mass is 16.4. The number of amides is 1. The first kappa shape index (κ1) is 16.2. The summed E-state index contributed by atoms with van der Waals surface area (Å²) in [6.07, 6.45) is 1.94. The summed E-state index contributed by atoms with van der Waals surface area (Å²) in [5.41, 5.74) is 3.35. The van der Waals surface area contributed by atoms with E-state index in [0.717, 1.165) is 18.5 Å². The summed E-state index contributed by atoms with van der Waals surface area (Å²) in [5.74, 6) is -0.533. The standard InChI is InChI=1S/C20H21NO3/c1-14-6-5-11-21(18-10-3-2-9-17(14)18)20(24)16-8-4-7-15(12-16)13-19(22)23/h2-4,7-10,12,14H,5-6,11,13H2,1H3,(H,22,23). The molecule has 0 aromatic heterocycles. The first-order valence-corrected chi connectivity index (χ1v) is 8.28. The van der Waals surface area contributed by atoms with E-state index in [9.17, 15) is 9.59 Å². The Morgan fingerprint density at radius 1 is 1.17 bits per heavy atom. The van der Waals surface area contributed by atoms with Crippen molar-refractivity contribution in [3.63, 3.8) is 0 Å². The number of para-hydroxylation sites is 1. The molecule has 1 unspecified atom stereocenters. The van der Waals surface area contributed by atoms with E-state index in [1.807, 2.05) is 23.1 Å². The highest BCUT2D eigenvalue weighted by Crippen LogP contribution is 2.34. The maximum Gasteiger partial charge on any atom is 0.307 e. The van der Waals surface area contributed by atoms with E-state index < -0.39 is 5.97 Å². The minimum atomic E-state index is -0.895. The summed E-state index contributed by atoms with van der Waals surface area (Å²) >= 11 is 0. The van der Waals surface area contributed by atoms with Crippen LogP contribution in [0.2, 0.25) is 0 Å². The number of carbonyl (C=O) groups excluding carboxylic acids is 1. The number of benzene rings is 2. The molecule has 1 atom stereocenters. The van der Waals surface area contributed by atoms with Crippen LogP contribution >= 0.6 is 0 Å². The van der Waals surface area contributed by atoms with Crippen molar-refractivity contribution in [2.45, 2.75) is 32.1 Å². The quantitative estimate of drug-likeness (QED) is 0.933. The first-order valence-electron chi connectivity index (χ1n) is 8.28. The average Bonchev–Trinajstić information content (AvgIpc) is 2.73. The molecule has 24 heavy (non-hydrogen) atoms. The van der Waals surface area contributed by atoms with Crippen molar-refractivity contribution in [2.75, 3.05) is 11.4 Å². The number of carboxylic acid groups (broad SMARTS) is 1. The van der Waals surface area contributed by atoms with E-state index in [4.69, 9.17) is 5.11 Å². The number of aliphatic carboxylic acids is 1. The fourth-order valence-electron chi connectivity index (χ4n) is 3.34. The van der Waals surface area contributed by atoms with E-state index in [1.165, 1.54) is 5.56 Å². The van der Waals surface area contributed by atoms with Gasteiger partial charge in [0.2, 0.25) is 0 Å². The Labute approximate surface area is 141 Å². The molecule has 0 saturated carbocycles. The van der Waals surface area contributed by atoms with E-state index in [0.29, 0.717) is 23.6 Å². The maximum absolute atomic E-state index is 13.0. The van der Waals surface area contributed by atoms with Crippen LogP contribution in [0.1, 0.15) is 47.2 Å². The van der Waals surface area contributed by atoms with E-state index in [-0.39, 0.29) is 12.3 Å². The third-order valence-electron chi connectivity index (χ3n) is 4.55. The molecule has 0 fully saturated rings. The Balaban J connectivity index is 1.95. The van der Waals surface area contributed by atoms with Gasteiger partial charge in [-0.25, -0.2) is 0 Å². The van der Waals surface area contributed by atoms with Crippen molar-refractivity contribution in [3.05, 3.63) is 65.2 Å². The lowest BCUT2D eigenvalue weighted by Crippen LogP contribution is -2.31. The van der Waals surface area contributed by atoms with Gasteiger partial charge in [0, 0.05) is 17.8 Å². The summed E-state index contributed by atoms with van der Waals surface area (Å²) in [4.78, 5) is 25.8. The summed E-state index contributed by atoms with van der Waals surface area (Å²) in [6, 6.07) is 15.0. The number of anilines is 1. The fourth-order valence-corrected chi connectivity index (χ4v) is 3.34. The second-order valence-corrected chi connectivity index (χ2v) is 6.33. The monoisotopic (exact) mass is 323 g/mol. The summed E-state index contributed by atoms with van der Waals surface area (Å²) in [6.45, 7) is 2.88. The molecule has 0 spiro atoms. The maximum atomic E-state index is 13.0. The number of carboxylic acids is 1. The van der Waals surface area contributed by atoms with Gasteiger partial charge in [0.1, 0.15) is 0 Å². The molecular formula is C20H21NO3. The van der Waals surface area contributed by atoms with Crippen LogP contribution in [0.4, 0.5) is 5.69 Å². The molecule has 0 aliphatic carbocycles. The number of hydrogen-bond acceptors (Lipinski definition) is 2. The third-order valence-corrected chi connectivity index (χ3v) is 4.55. The number of rotatable bonds is 3. The van der Waals surface area contributed by atoms with Crippen LogP contribution in [-0.2, 0) is 11.2 Å². The number of hydrogen-bond donors (Lipinski definition) is 1. The van der Waals surface area contributed by atoms with Crippen LogP contribution in [0.15, 0.2) is 48.5 Å². The van der Waals surface area contributed by atoms with Crippen molar-refractivity contribution in [3.8, 4) is 0 Å². The van der Waals surface area contributed by atoms with Crippen molar-refractivity contribution in [2.24, 2.45) is 0 Å². The summed E-state index contributed by atoms with van der Waals surface area (Å²) in [7, 11) is 0. The smallest absolute Gasteiger partial charge is 0.307 e. The van der Waals surface area contributed by atoms with Gasteiger partial charge in [0.15, 0.2) is 0 Å². The normalized spacial score (nSPS) is 17.0. The molecule has 0 radical (unpaired) electrons. The highest BCUT2D eigenvalue weighted by molar-refractivity contribution is 6.06. The minimum Gasteiger partial charge on any atom is -0.481 e. The SMILES string of the molecule is CC1CCCN(C(=O)c2cccc(CC(=O)O)c2)c2ccccc21. The van der Waals surface area contributed by atoms with E-state index in [1.54, 1.807) is 24.3 Å². The molecule has 0 saturated heterocycles. The summed E-state index contributed by atoms with van der Waals surface area (Å²) < 4.78 is 0. The molecule has 1 aliphatic heterocycles. The zero-order chi connectivity index (χ0) is 17.1. The van der Waals surface area contributed by atoms with Gasteiger partial charge in [-0.1, -0.05) is 37.3 Å². The predicted octanol–water partition coefficient (Wildman–Crippen LogP) is 3.86. The van der Waals surface area contributed by atoms with Crippen molar-refractivity contribution < 1.29 is 14.7 Å². The zero-order valence-electron chi connectivity index (χ0n) is 13.7. The molecule has 2 aromatic rings. The van der Waals surface area contributed by atoms with Crippen LogP contribution in [0.5, 0.6) is 0 Å². The Morgan fingerprint density at radius 2 is 1.96 bits per heavy atom. The number of fused-ring (bicyclic) bond motifs is 1. The lowest BCUT2D eigenvalue weighted by atomic mass is 9.96. The van der Waals surface area contributed by atoms with Gasteiger partial charge >= 0.3 is 5.97 Å². The van der Waals surface area contributed by atoms with Crippen molar-refractivity contribution >= 4 is 17.6 Å². The fraction of sp³-hybridized carbons (Fsp3) is 0.300. The molecule has 1 aliphatic rings. The topological polar surface area (TPSA) is 57.6 Å². The van der Waals surface area contributed by atoms with Crippen LogP contribution in [0.25, 0.3) is 0 Å². The third kappa shape index (κ3) is 3.32. The Hall–Kier alpha value is -2.62.